The molecular weight excluding hydrogens is 369 g/mol. The van der Waals surface area contributed by atoms with Gasteiger partial charge in [-0.1, -0.05) is 22.0 Å². The fraction of sp³-hybridized carbons (Fsp3) is 0.143. The van der Waals surface area contributed by atoms with Crippen LogP contribution in [0, 0.1) is 3.57 Å². The molecule has 0 aliphatic heterocycles. The van der Waals surface area contributed by atoms with Crippen LogP contribution in [0.4, 0.5) is 5.69 Å². The molecule has 0 aromatic heterocycles. The van der Waals surface area contributed by atoms with Crippen molar-refractivity contribution in [2.45, 2.75) is 0 Å². The summed E-state index contributed by atoms with van der Waals surface area (Å²) in [5.74, 6) is 0. The van der Waals surface area contributed by atoms with Crippen LogP contribution in [0.1, 0.15) is 0 Å². The number of benzene rings is 1. The summed E-state index contributed by atoms with van der Waals surface area (Å²) in [5.41, 5.74) is 0.589. The largest absolute Gasteiger partial charge is 0.283 e. The minimum atomic E-state index is -3.23. The van der Waals surface area contributed by atoms with Gasteiger partial charge in [-0.25, -0.2) is 8.42 Å². The van der Waals surface area contributed by atoms with E-state index in [-0.39, 0.29) is 4.66 Å². The molecule has 0 unspecified atom stereocenters. The summed E-state index contributed by atoms with van der Waals surface area (Å²) in [4.78, 5) is 0. The van der Waals surface area contributed by atoms with Crippen molar-refractivity contribution in [2.75, 3.05) is 9.38 Å². The van der Waals surface area contributed by atoms with Crippen LogP contribution in [0.5, 0.6) is 0 Å². The van der Waals surface area contributed by atoms with Gasteiger partial charge in [-0.05, 0) is 40.8 Å². The van der Waals surface area contributed by atoms with Gasteiger partial charge in [0.25, 0.3) is 0 Å². The van der Waals surface area contributed by atoms with Crippen LogP contribution in [0.25, 0.3) is 0 Å². The third kappa shape index (κ3) is 3.82. The van der Waals surface area contributed by atoms with Crippen molar-refractivity contribution in [2.24, 2.45) is 0 Å². The molecule has 1 N–H and O–H groups in total. The maximum absolute atomic E-state index is 11.1. The van der Waals surface area contributed by atoms with E-state index in [1.54, 1.807) is 18.2 Å². The molecule has 0 aliphatic carbocycles. The molecule has 0 atom stereocenters. The summed E-state index contributed by atoms with van der Waals surface area (Å²) in [7, 11) is -3.23. The van der Waals surface area contributed by atoms with E-state index in [1.165, 1.54) is 0 Å². The number of sulfonamides is 1. The van der Waals surface area contributed by atoms with Crippen molar-refractivity contribution in [3.8, 4) is 0 Å². The predicted molar refractivity (Wildman–Crippen MR) is 65.5 cm³/mol. The van der Waals surface area contributed by atoms with Crippen LogP contribution in [-0.4, -0.2) is 13.1 Å². The second-order valence-corrected chi connectivity index (χ2v) is 6.61. The Balaban J connectivity index is 2.87. The molecule has 0 spiro atoms. The topological polar surface area (TPSA) is 46.2 Å². The summed E-state index contributed by atoms with van der Waals surface area (Å²) in [6.45, 7) is 0. The fourth-order valence-electron chi connectivity index (χ4n) is 0.759. The van der Waals surface area contributed by atoms with Crippen LogP contribution in [0.2, 0.25) is 0 Å². The first-order valence-corrected chi connectivity index (χ1v) is 7.21. The monoisotopic (exact) mass is 375 g/mol. The second kappa shape index (κ2) is 4.61. The quantitative estimate of drug-likeness (QED) is 0.651. The number of nitrogens with one attached hydrogen (secondary N) is 1. The molecule has 0 fully saturated rings. The Morgan fingerprint density at radius 3 is 2.69 bits per heavy atom. The lowest BCUT2D eigenvalue weighted by atomic mass is 10.3. The molecule has 0 aliphatic rings. The normalized spacial score (nSPS) is 11.2. The molecule has 0 heterocycles. The van der Waals surface area contributed by atoms with E-state index in [0.29, 0.717) is 5.69 Å². The smallest absolute Gasteiger partial charge is 0.242 e. The van der Waals surface area contributed by atoms with Crippen LogP contribution < -0.4 is 4.72 Å². The molecule has 0 bridgehead atoms. The highest BCUT2D eigenvalue weighted by molar-refractivity contribution is 14.1. The van der Waals surface area contributed by atoms with Crippen molar-refractivity contribution < 1.29 is 8.42 Å². The lowest BCUT2D eigenvalue weighted by Gasteiger charge is -2.04. The maximum Gasteiger partial charge on any atom is 0.242 e. The zero-order valence-electron chi connectivity index (χ0n) is 6.50. The molecule has 0 saturated carbocycles. The van der Waals surface area contributed by atoms with Crippen molar-refractivity contribution in [3.05, 3.63) is 27.8 Å². The Labute approximate surface area is 99.2 Å². The fourth-order valence-corrected chi connectivity index (χ4v) is 2.19. The Morgan fingerprint density at radius 2 is 2.15 bits per heavy atom. The van der Waals surface area contributed by atoms with Crippen molar-refractivity contribution in [1.82, 2.24) is 0 Å². The second-order valence-electron chi connectivity index (χ2n) is 2.34. The van der Waals surface area contributed by atoms with Gasteiger partial charge in [-0.15, -0.1) is 0 Å². The van der Waals surface area contributed by atoms with Crippen LogP contribution in [-0.2, 0) is 10.0 Å². The molecule has 0 saturated heterocycles. The van der Waals surface area contributed by atoms with E-state index < -0.39 is 10.0 Å². The van der Waals surface area contributed by atoms with Gasteiger partial charge in [0.2, 0.25) is 10.0 Å². The minimum absolute atomic E-state index is 0.0918. The van der Waals surface area contributed by atoms with E-state index in [4.69, 9.17) is 0 Å². The van der Waals surface area contributed by atoms with Gasteiger partial charge in [-0.3, -0.25) is 4.72 Å². The van der Waals surface area contributed by atoms with Gasteiger partial charge >= 0.3 is 0 Å². The molecule has 0 amide bonds. The number of hydrogen-bond acceptors (Lipinski definition) is 2. The molecule has 13 heavy (non-hydrogen) atoms. The first-order valence-electron chi connectivity index (χ1n) is 3.35. The molecule has 1 aromatic rings. The molecule has 0 radical (unpaired) electrons. The number of halogens is 2. The third-order valence-corrected chi connectivity index (χ3v) is 4.55. The van der Waals surface area contributed by atoms with E-state index in [9.17, 15) is 8.42 Å². The molecule has 72 valence electrons. The summed E-state index contributed by atoms with van der Waals surface area (Å²) in [5, 5.41) is 0. The Hall–Kier alpha value is 0.180. The average Bonchev–Trinajstić information content (AvgIpc) is 2.03. The molecule has 1 rings (SSSR count). The lowest BCUT2D eigenvalue weighted by molar-refractivity contribution is 0.606. The van der Waals surface area contributed by atoms with E-state index in [2.05, 4.69) is 43.2 Å². The molecule has 1 aromatic carbocycles. The van der Waals surface area contributed by atoms with E-state index in [1.807, 2.05) is 6.07 Å². The minimum Gasteiger partial charge on any atom is -0.283 e. The van der Waals surface area contributed by atoms with Gasteiger partial charge in [0.1, 0.15) is 4.66 Å². The van der Waals surface area contributed by atoms with Gasteiger partial charge in [0.15, 0.2) is 0 Å². The van der Waals surface area contributed by atoms with E-state index >= 15 is 0 Å². The maximum atomic E-state index is 11.1. The first-order chi connectivity index (χ1) is 6.03. The van der Waals surface area contributed by atoms with Gasteiger partial charge in [-0.2, -0.15) is 0 Å². The zero-order chi connectivity index (χ0) is 9.90. The standard InChI is InChI=1S/C7H7BrINO2S/c8-5-13(11,12)10-7-3-1-2-6(9)4-7/h1-4,10H,5H2. The van der Waals surface area contributed by atoms with Gasteiger partial charge < -0.3 is 0 Å². The Bertz CT molecular complexity index is 393. The van der Waals surface area contributed by atoms with Crippen molar-refractivity contribution >= 4 is 54.2 Å². The Kier molecular flexibility index (Phi) is 3.99. The SMILES string of the molecule is O=S(=O)(CBr)Nc1cccc(I)c1. The van der Waals surface area contributed by atoms with E-state index in [0.717, 1.165) is 3.57 Å². The van der Waals surface area contributed by atoms with Gasteiger partial charge in [0, 0.05) is 9.26 Å². The predicted octanol–water partition coefficient (Wildman–Crippen LogP) is 2.39. The van der Waals surface area contributed by atoms with Crippen LogP contribution >= 0.6 is 38.5 Å². The lowest BCUT2D eigenvalue weighted by Crippen LogP contribution is -2.13. The summed E-state index contributed by atoms with van der Waals surface area (Å²) in [6.07, 6.45) is 0. The first kappa shape index (κ1) is 11.3. The van der Waals surface area contributed by atoms with Crippen molar-refractivity contribution in [1.29, 1.82) is 0 Å². The highest BCUT2D eigenvalue weighted by Gasteiger charge is 2.06. The number of hydrogen-bond donors (Lipinski definition) is 1. The highest BCUT2D eigenvalue weighted by Crippen LogP contribution is 2.14. The number of anilines is 1. The molecular formula is C7H7BrINO2S. The van der Waals surface area contributed by atoms with Crippen molar-refractivity contribution in [3.63, 3.8) is 0 Å². The molecule has 6 heteroatoms. The van der Waals surface area contributed by atoms with Crippen LogP contribution in [0.3, 0.4) is 0 Å². The number of rotatable bonds is 3. The average molecular weight is 376 g/mol. The Morgan fingerprint density at radius 1 is 1.46 bits per heavy atom. The summed E-state index contributed by atoms with van der Waals surface area (Å²) < 4.78 is 25.6. The third-order valence-electron chi connectivity index (χ3n) is 1.24. The van der Waals surface area contributed by atoms with Crippen LogP contribution in [0.15, 0.2) is 24.3 Å². The summed E-state index contributed by atoms with van der Waals surface area (Å²) >= 11 is 5.02. The molecule has 3 nitrogen and oxygen atoms in total. The highest BCUT2D eigenvalue weighted by atomic mass is 127. The number of alkyl halides is 1. The zero-order valence-corrected chi connectivity index (χ0v) is 11.1. The van der Waals surface area contributed by atoms with Gasteiger partial charge in [0.05, 0.1) is 0 Å². The summed E-state index contributed by atoms with van der Waals surface area (Å²) in [6, 6.07) is 7.17.